The van der Waals surface area contributed by atoms with Gasteiger partial charge in [-0.25, -0.2) is 4.79 Å². The first-order valence-corrected chi connectivity index (χ1v) is 8.17. The third-order valence-corrected chi connectivity index (χ3v) is 4.37. The standard InChI is InChI=1S/C16H28N2O4/c1-10-5-6-11-7-8-12(19)9-13(14(20)18(10)11)17-15(21)22-16(2,3)4/h10-13,19H,5-9H2,1-4H3,(H,17,21)/t10-,11-,12?,13+/m1/s1. The molecule has 2 heterocycles. The topological polar surface area (TPSA) is 78.9 Å². The lowest BCUT2D eigenvalue weighted by Crippen LogP contribution is -2.55. The average molecular weight is 312 g/mol. The predicted molar refractivity (Wildman–Crippen MR) is 82.3 cm³/mol. The first kappa shape index (κ1) is 17.1. The van der Waals surface area contributed by atoms with Crippen LogP contribution in [0.4, 0.5) is 4.79 Å². The molecule has 22 heavy (non-hydrogen) atoms. The van der Waals surface area contributed by atoms with Gasteiger partial charge in [-0.2, -0.15) is 0 Å². The molecule has 0 spiro atoms. The lowest BCUT2D eigenvalue weighted by molar-refractivity contribution is -0.138. The summed E-state index contributed by atoms with van der Waals surface area (Å²) in [4.78, 5) is 26.6. The molecule has 0 saturated carbocycles. The molecule has 0 aromatic carbocycles. The second-order valence-corrected chi connectivity index (χ2v) is 7.49. The monoisotopic (exact) mass is 312 g/mol. The van der Waals surface area contributed by atoms with Crippen LogP contribution in [0.25, 0.3) is 0 Å². The largest absolute Gasteiger partial charge is 0.444 e. The highest BCUT2D eigenvalue weighted by Crippen LogP contribution is 2.31. The fourth-order valence-corrected chi connectivity index (χ4v) is 3.38. The Morgan fingerprint density at radius 1 is 1.27 bits per heavy atom. The smallest absolute Gasteiger partial charge is 0.408 e. The number of rotatable bonds is 1. The zero-order valence-electron chi connectivity index (χ0n) is 14.0. The summed E-state index contributed by atoms with van der Waals surface area (Å²) < 4.78 is 5.23. The fraction of sp³-hybridized carbons (Fsp3) is 0.875. The van der Waals surface area contributed by atoms with Crippen molar-refractivity contribution in [2.45, 2.75) is 89.6 Å². The first-order valence-electron chi connectivity index (χ1n) is 8.17. The number of nitrogens with zero attached hydrogens (tertiary/aromatic N) is 1. The number of ether oxygens (including phenoxy) is 1. The van der Waals surface area contributed by atoms with E-state index in [0.717, 1.165) is 19.3 Å². The van der Waals surface area contributed by atoms with E-state index < -0.39 is 23.8 Å². The van der Waals surface area contributed by atoms with Crippen LogP contribution in [0.2, 0.25) is 0 Å². The number of aliphatic hydroxyl groups is 1. The number of amides is 2. The maximum Gasteiger partial charge on any atom is 0.408 e. The Kier molecular flexibility index (Phi) is 5.00. The van der Waals surface area contributed by atoms with Gasteiger partial charge >= 0.3 is 6.09 Å². The van der Waals surface area contributed by atoms with Crippen molar-refractivity contribution in [3.05, 3.63) is 0 Å². The molecule has 1 unspecified atom stereocenters. The van der Waals surface area contributed by atoms with Gasteiger partial charge in [0, 0.05) is 18.5 Å². The second-order valence-electron chi connectivity index (χ2n) is 7.49. The van der Waals surface area contributed by atoms with Crippen molar-refractivity contribution in [2.24, 2.45) is 0 Å². The summed E-state index contributed by atoms with van der Waals surface area (Å²) in [5, 5.41) is 12.7. The highest BCUT2D eigenvalue weighted by atomic mass is 16.6. The van der Waals surface area contributed by atoms with Gasteiger partial charge in [0.05, 0.1) is 6.10 Å². The molecule has 2 aliphatic rings. The zero-order chi connectivity index (χ0) is 16.5. The Morgan fingerprint density at radius 3 is 2.55 bits per heavy atom. The molecule has 0 aliphatic carbocycles. The normalized spacial score (nSPS) is 33.0. The number of aliphatic hydroxyl groups excluding tert-OH is 1. The molecule has 0 aromatic rings. The summed E-state index contributed by atoms with van der Waals surface area (Å²) in [6, 6.07) is -0.343. The maximum atomic E-state index is 12.8. The summed E-state index contributed by atoms with van der Waals surface area (Å²) in [5.74, 6) is -0.0976. The molecule has 6 nitrogen and oxygen atoms in total. The molecule has 2 aliphatic heterocycles. The third kappa shape index (κ3) is 4.12. The van der Waals surface area contributed by atoms with E-state index in [0.29, 0.717) is 6.42 Å². The predicted octanol–water partition coefficient (Wildman–Crippen LogP) is 1.80. The van der Waals surface area contributed by atoms with Gasteiger partial charge in [-0.3, -0.25) is 4.79 Å². The molecular weight excluding hydrogens is 284 g/mol. The van der Waals surface area contributed by atoms with Crippen LogP contribution in [-0.2, 0) is 9.53 Å². The van der Waals surface area contributed by atoms with Gasteiger partial charge < -0.3 is 20.1 Å². The number of nitrogens with one attached hydrogen (secondary N) is 1. The van der Waals surface area contributed by atoms with Crippen LogP contribution >= 0.6 is 0 Å². The van der Waals surface area contributed by atoms with Crippen molar-refractivity contribution in [1.82, 2.24) is 10.2 Å². The van der Waals surface area contributed by atoms with Gasteiger partial charge in [-0.05, 0) is 53.4 Å². The minimum atomic E-state index is -0.715. The quantitative estimate of drug-likeness (QED) is 0.774. The summed E-state index contributed by atoms with van der Waals surface area (Å²) in [6.45, 7) is 7.38. The summed E-state index contributed by atoms with van der Waals surface area (Å²) in [7, 11) is 0. The van der Waals surface area contributed by atoms with E-state index in [1.54, 1.807) is 20.8 Å². The van der Waals surface area contributed by atoms with Crippen LogP contribution in [0.15, 0.2) is 0 Å². The van der Waals surface area contributed by atoms with Gasteiger partial charge in [0.15, 0.2) is 0 Å². The first-order chi connectivity index (χ1) is 10.2. The Balaban J connectivity index is 2.09. The van der Waals surface area contributed by atoms with E-state index in [9.17, 15) is 14.7 Å². The molecule has 2 rings (SSSR count). The Bertz CT molecular complexity index is 432. The van der Waals surface area contributed by atoms with Crippen LogP contribution < -0.4 is 5.32 Å². The lowest BCUT2D eigenvalue weighted by atomic mass is 9.97. The highest BCUT2D eigenvalue weighted by Gasteiger charge is 2.40. The lowest BCUT2D eigenvalue weighted by Gasteiger charge is -2.36. The van der Waals surface area contributed by atoms with Crippen LogP contribution in [0.1, 0.15) is 59.8 Å². The summed E-state index contributed by atoms with van der Waals surface area (Å²) in [5.41, 5.74) is -0.614. The molecule has 2 saturated heterocycles. The molecule has 4 atom stereocenters. The second kappa shape index (κ2) is 6.44. The third-order valence-electron chi connectivity index (χ3n) is 4.37. The maximum absolute atomic E-state index is 12.8. The van der Waals surface area contributed by atoms with Crippen LogP contribution in [0.5, 0.6) is 0 Å². The Morgan fingerprint density at radius 2 is 1.91 bits per heavy atom. The van der Waals surface area contributed by atoms with E-state index in [2.05, 4.69) is 5.32 Å². The molecule has 6 heteroatoms. The molecule has 2 N–H and O–H groups in total. The van der Waals surface area contributed by atoms with Gasteiger partial charge in [0.2, 0.25) is 5.91 Å². The van der Waals surface area contributed by atoms with E-state index in [-0.39, 0.29) is 24.4 Å². The van der Waals surface area contributed by atoms with E-state index >= 15 is 0 Å². The van der Waals surface area contributed by atoms with Gasteiger partial charge in [-0.1, -0.05) is 0 Å². The summed E-state index contributed by atoms with van der Waals surface area (Å²) >= 11 is 0. The minimum Gasteiger partial charge on any atom is -0.444 e. The van der Waals surface area contributed by atoms with Gasteiger partial charge in [0.25, 0.3) is 0 Å². The molecule has 126 valence electrons. The number of alkyl carbamates (subject to hydrolysis) is 1. The van der Waals surface area contributed by atoms with Crippen molar-refractivity contribution in [2.75, 3.05) is 0 Å². The average Bonchev–Trinajstić information content (AvgIpc) is 2.72. The number of hydrogen-bond acceptors (Lipinski definition) is 4. The Hall–Kier alpha value is -1.30. The van der Waals surface area contributed by atoms with Crippen LogP contribution in [0, 0.1) is 0 Å². The van der Waals surface area contributed by atoms with Crippen LogP contribution in [0.3, 0.4) is 0 Å². The number of hydrogen-bond donors (Lipinski definition) is 2. The van der Waals surface area contributed by atoms with Crippen molar-refractivity contribution < 1.29 is 19.4 Å². The van der Waals surface area contributed by atoms with E-state index in [1.165, 1.54) is 0 Å². The molecular formula is C16H28N2O4. The number of carbonyl (C=O) groups excluding carboxylic acids is 2. The van der Waals surface area contributed by atoms with Gasteiger partial charge in [0.1, 0.15) is 11.6 Å². The molecule has 0 aromatic heterocycles. The molecule has 0 bridgehead atoms. The fourth-order valence-electron chi connectivity index (χ4n) is 3.38. The summed E-state index contributed by atoms with van der Waals surface area (Å²) in [6.07, 6.45) is 2.51. The van der Waals surface area contributed by atoms with Gasteiger partial charge in [-0.15, -0.1) is 0 Å². The molecule has 2 fully saturated rings. The number of carbonyl (C=O) groups is 2. The Labute approximate surface area is 132 Å². The highest BCUT2D eigenvalue weighted by molar-refractivity contribution is 5.86. The minimum absolute atomic E-state index is 0.0976. The molecule has 2 amide bonds. The van der Waals surface area contributed by atoms with E-state index in [4.69, 9.17) is 4.74 Å². The van der Waals surface area contributed by atoms with Crippen molar-refractivity contribution >= 4 is 12.0 Å². The van der Waals surface area contributed by atoms with Crippen molar-refractivity contribution in [3.63, 3.8) is 0 Å². The van der Waals surface area contributed by atoms with Crippen molar-refractivity contribution in [1.29, 1.82) is 0 Å². The van der Waals surface area contributed by atoms with Crippen LogP contribution in [-0.4, -0.2) is 51.8 Å². The SMILES string of the molecule is C[C@@H]1CC[C@@H]2CCC(O)C[C@H](NC(=O)OC(C)(C)C)C(=O)N21. The van der Waals surface area contributed by atoms with Crippen molar-refractivity contribution in [3.8, 4) is 0 Å². The number of fused-ring (bicyclic) bond motifs is 1. The van der Waals surface area contributed by atoms with E-state index in [1.807, 2.05) is 11.8 Å². The molecule has 0 radical (unpaired) electrons. The zero-order valence-corrected chi connectivity index (χ0v) is 14.0.